The van der Waals surface area contributed by atoms with Crippen molar-refractivity contribution in [2.75, 3.05) is 40.4 Å². The van der Waals surface area contributed by atoms with Gasteiger partial charge in [-0.1, -0.05) is 38.0 Å². The molecule has 59 heavy (non-hydrogen) atoms. The molecular formula is C48H58N4O7. The maximum Gasteiger partial charge on any atom is 0.302 e. The summed E-state index contributed by atoms with van der Waals surface area (Å²) in [6.07, 6.45) is 8.62. The third-order valence-electron chi connectivity index (χ3n) is 12.8. The fourth-order valence-corrected chi connectivity index (χ4v) is 10.1. The number of nitrogens with one attached hydrogen (secondary N) is 3. The molecule has 1 fully saturated rings. The summed E-state index contributed by atoms with van der Waals surface area (Å²) in [6.45, 7) is 7.96. The van der Waals surface area contributed by atoms with E-state index in [9.17, 15) is 15.0 Å². The van der Waals surface area contributed by atoms with Crippen LogP contribution >= 0.6 is 0 Å². The summed E-state index contributed by atoms with van der Waals surface area (Å²) in [7, 11) is 3.53. The van der Waals surface area contributed by atoms with Crippen molar-refractivity contribution in [2.24, 2.45) is 17.6 Å². The van der Waals surface area contributed by atoms with Crippen LogP contribution in [-0.2, 0) is 27.8 Å². The van der Waals surface area contributed by atoms with E-state index in [0.29, 0.717) is 49.3 Å². The van der Waals surface area contributed by atoms with Crippen LogP contribution in [0.25, 0.3) is 11.1 Å². The van der Waals surface area contributed by atoms with Crippen molar-refractivity contribution in [2.45, 2.75) is 95.4 Å². The van der Waals surface area contributed by atoms with E-state index in [1.165, 1.54) is 6.92 Å². The molecule has 6 atom stereocenters. The first-order valence-corrected chi connectivity index (χ1v) is 21.1. The Bertz CT molecular complexity index is 2240. The number of rotatable bonds is 12. The first-order chi connectivity index (χ1) is 28.5. The van der Waals surface area contributed by atoms with Gasteiger partial charge in [0.2, 0.25) is 0 Å². The number of carbonyl (C=O) groups excluding carboxylic acids is 1. The zero-order valence-electron chi connectivity index (χ0n) is 34.9. The average molecular weight is 803 g/mol. The summed E-state index contributed by atoms with van der Waals surface area (Å²) in [4.78, 5) is 12.5. The van der Waals surface area contributed by atoms with Crippen molar-refractivity contribution in [1.29, 1.82) is 0 Å². The Morgan fingerprint density at radius 3 is 2.75 bits per heavy atom. The Kier molecular flexibility index (Phi) is 11.6. The van der Waals surface area contributed by atoms with Gasteiger partial charge in [-0.05, 0) is 116 Å². The molecule has 7 N–H and O–H groups in total. The number of phenols is 2. The molecule has 1 saturated carbocycles. The fraction of sp³-hybridized carbons (Fsp3) is 0.479. The van der Waals surface area contributed by atoms with Gasteiger partial charge in [0.1, 0.15) is 36.1 Å². The molecule has 1 spiro atoms. The van der Waals surface area contributed by atoms with Crippen molar-refractivity contribution in [3.05, 3.63) is 87.6 Å². The second kappa shape index (κ2) is 16.8. The van der Waals surface area contributed by atoms with E-state index < -0.39 is 6.10 Å². The number of phenolic OH excluding ortho intramolecular Hbond substituents is 2. The standard InChI is InChI=1S/C48H58N4O7/c1-27(2)14-16-51-25-34(24-50-4)58-41-21-37-30(19-40(41)55)7-6-8-39-31(9-12-43(49)52-39)17-29-13-15-48(22-29)23-32-18-33(54)20-42(56-5)44(32)36-11-10-35-38(26-57-28(3)53)46(37)59-47(35)45(36)48/h9-12,18-21,27,29,34,38,43,46,50-52,54-55H,7,13-17,22-26,49H2,1-5H3/t29-,34-,38+,43?,46-,48-/m1/s1. The van der Waals surface area contributed by atoms with Crippen LogP contribution in [0.2, 0.25) is 0 Å². The van der Waals surface area contributed by atoms with Crippen LogP contribution in [0.4, 0.5) is 0 Å². The summed E-state index contributed by atoms with van der Waals surface area (Å²) in [5, 5.41) is 32.7. The van der Waals surface area contributed by atoms with Gasteiger partial charge in [-0.15, -0.1) is 0 Å². The average Bonchev–Trinajstić information content (AvgIpc) is 3.77. The molecule has 11 nitrogen and oxygen atoms in total. The summed E-state index contributed by atoms with van der Waals surface area (Å²) >= 11 is 0. The molecule has 1 unspecified atom stereocenters. The van der Waals surface area contributed by atoms with Crippen LogP contribution in [0.5, 0.6) is 28.7 Å². The molecule has 0 aromatic heterocycles. The van der Waals surface area contributed by atoms with Crippen molar-refractivity contribution >= 4 is 5.97 Å². The molecule has 11 heteroatoms. The van der Waals surface area contributed by atoms with Gasteiger partial charge in [0.15, 0.2) is 11.5 Å². The molecule has 0 amide bonds. The largest absolute Gasteiger partial charge is 0.508 e. The molecule has 5 aliphatic rings. The van der Waals surface area contributed by atoms with Crippen LogP contribution in [0.3, 0.4) is 0 Å². The number of allylic oxidation sites excluding steroid dienone is 3. The topological polar surface area (TPSA) is 157 Å². The van der Waals surface area contributed by atoms with E-state index in [4.69, 9.17) is 24.7 Å². The number of benzene rings is 3. The van der Waals surface area contributed by atoms with Crippen LogP contribution in [0.15, 0.2) is 59.8 Å². The molecule has 0 radical (unpaired) electrons. The highest BCUT2D eigenvalue weighted by molar-refractivity contribution is 5.84. The lowest BCUT2D eigenvalue weighted by Crippen LogP contribution is -2.39. The van der Waals surface area contributed by atoms with E-state index >= 15 is 0 Å². The lowest BCUT2D eigenvalue weighted by Gasteiger charge is -2.39. The van der Waals surface area contributed by atoms with Gasteiger partial charge in [-0.3, -0.25) is 4.79 Å². The molecule has 4 bridgehead atoms. The minimum Gasteiger partial charge on any atom is -0.508 e. The number of esters is 1. The number of dihydropyridines is 1. The predicted octanol–water partition coefficient (Wildman–Crippen LogP) is 6.40. The second-order valence-corrected chi connectivity index (χ2v) is 17.4. The van der Waals surface area contributed by atoms with E-state index in [-0.39, 0.29) is 47.7 Å². The smallest absolute Gasteiger partial charge is 0.302 e. The van der Waals surface area contributed by atoms with E-state index in [2.05, 4.69) is 59.8 Å². The van der Waals surface area contributed by atoms with Crippen molar-refractivity contribution in [3.8, 4) is 51.7 Å². The maximum absolute atomic E-state index is 12.5. The third kappa shape index (κ3) is 8.10. The number of fused-ring (bicyclic) bond motifs is 6. The van der Waals surface area contributed by atoms with Crippen molar-refractivity contribution in [3.63, 3.8) is 0 Å². The van der Waals surface area contributed by atoms with Gasteiger partial charge in [0, 0.05) is 60.2 Å². The number of aromatic hydroxyl groups is 2. The Morgan fingerprint density at radius 1 is 1.12 bits per heavy atom. The fourth-order valence-electron chi connectivity index (χ4n) is 10.1. The lowest BCUT2D eigenvalue weighted by molar-refractivity contribution is -0.141. The Labute approximate surface area is 347 Å². The highest BCUT2D eigenvalue weighted by atomic mass is 16.5. The van der Waals surface area contributed by atoms with Gasteiger partial charge in [0.05, 0.1) is 24.9 Å². The minimum atomic E-state index is -0.594. The van der Waals surface area contributed by atoms with Crippen LogP contribution in [0, 0.1) is 23.7 Å². The molecule has 0 saturated heterocycles. The number of ether oxygens (including phenoxy) is 4. The first-order valence-electron chi connectivity index (χ1n) is 21.1. The Morgan fingerprint density at radius 2 is 1.97 bits per heavy atom. The SMILES string of the molecule is CNC[C@H](CNCCC(C)C)Oc1cc2c(cc1O)CC#CC1=C(C=CC(N)N1)C[C@H]1CC[C@]3(Cc4cc(O)cc(OC)c4-c4ccc5c(c43)O[C@H]2[C@H]5COC(C)=O)C1. The third-order valence-corrected chi connectivity index (χ3v) is 12.8. The second-order valence-electron chi connectivity index (χ2n) is 17.4. The Balaban J connectivity index is 1.31. The number of methoxy groups -OCH3 is 1. The first kappa shape index (κ1) is 40.6. The van der Waals surface area contributed by atoms with Crippen LogP contribution < -0.4 is 35.9 Å². The molecular weight excluding hydrogens is 745 g/mol. The van der Waals surface area contributed by atoms with Crippen LogP contribution in [0.1, 0.15) is 92.7 Å². The monoisotopic (exact) mass is 802 g/mol. The summed E-state index contributed by atoms with van der Waals surface area (Å²) < 4.78 is 25.7. The summed E-state index contributed by atoms with van der Waals surface area (Å²) in [6, 6.07) is 11.5. The van der Waals surface area contributed by atoms with E-state index in [1.807, 2.05) is 25.3 Å². The number of hydrogen-bond acceptors (Lipinski definition) is 11. The van der Waals surface area contributed by atoms with E-state index in [0.717, 1.165) is 94.6 Å². The highest BCUT2D eigenvalue weighted by Crippen LogP contribution is 2.62. The zero-order chi connectivity index (χ0) is 41.4. The van der Waals surface area contributed by atoms with Crippen LogP contribution in [-0.4, -0.2) is 68.9 Å². The van der Waals surface area contributed by atoms with Crippen molar-refractivity contribution in [1.82, 2.24) is 16.0 Å². The van der Waals surface area contributed by atoms with Gasteiger partial charge < -0.3 is 50.8 Å². The number of likely N-dealkylation sites (N-methyl/N-ethyl adjacent to an activating group) is 1. The molecule has 3 aliphatic heterocycles. The normalized spacial score (nSPS) is 24.0. The van der Waals surface area contributed by atoms with Gasteiger partial charge in [0.25, 0.3) is 0 Å². The lowest BCUT2D eigenvalue weighted by atomic mass is 9.65. The van der Waals surface area contributed by atoms with Gasteiger partial charge >= 0.3 is 5.97 Å². The number of carbonyl (C=O) groups is 1. The molecule has 8 rings (SSSR count). The summed E-state index contributed by atoms with van der Waals surface area (Å²) in [5.41, 5.74) is 14.8. The molecule has 2 aliphatic carbocycles. The number of hydrogen-bond donors (Lipinski definition) is 6. The zero-order valence-corrected chi connectivity index (χ0v) is 34.9. The molecule has 3 heterocycles. The quantitative estimate of drug-likeness (QED) is 0.0685. The number of nitrogens with two attached hydrogens (primary N) is 1. The van der Waals surface area contributed by atoms with Crippen molar-refractivity contribution < 1.29 is 34.0 Å². The molecule has 312 valence electrons. The maximum atomic E-state index is 12.5. The van der Waals surface area contributed by atoms with Gasteiger partial charge in [-0.25, -0.2) is 0 Å². The Hall–Kier alpha value is -5.15. The molecule has 3 aromatic carbocycles. The molecule has 3 aromatic rings. The van der Waals surface area contributed by atoms with Gasteiger partial charge in [-0.2, -0.15) is 0 Å². The highest BCUT2D eigenvalue weighted by Gasteiger charge is 2.51. The predicted molar refractivity (Wildman–Crippen MR) is 228 cm³/mol. The van der Waals surface area contributed by atoms with E-state index in [1.54, 1.807) is 19.2 Å². The minimum absolute atomic E-state index is 0.0139. The summed E-state index contributed by atoms with van der Waals surface area (Å²) in [5.74, 6) is 8.98.